The molecule has 0 spiro atoms. The first-order chi connectivity index (χ1) is 15.0. The molecule has 0 aliphatic heterocycles. The summed E-state index contributed by atoms with van der Waals surface area (Å²) >= 11 is 0. The molecule has 2 N–H and O–H groups in total. The molecule has 5 nitrogen and oxygen atoms in total. The van der Waals surface area contributed by atoms with Gasteiger partial charge in [-0.2, -0.15) is 0 Å². The lowest BCUT2D eigenvalue weighted by atomic mass is 9.98. The predicted octanol–water partition coefficient (Wildman–Crippen LogP) is 5.16. The number of rotatable bonds is 6. The number of aliphatic carboxylic acids is 1. The summed E-state index contributed by atoms with van der Waals surface area (Å²) in [7, 11) is 0. The van der Waals surface area contributed by atoms with Gasteiger partial charge in [-0.1, -0.05) is 72.8 Å². The fraction of sp³-hybridized carbons (Fsp3) is 0.115. The van der Waals surface area contributed by atoms with E-state index >= 15 is 0 Å². The monoisotopic (exact) mass is 410 g/mol. The Morgan fingerprint density at radius 2 is 1.58 bits per heavy atom. The van der Waals surface area contributed by atoms with Gasteiger partial charge in [-0.15, -0.1) is 0 Å². The van der Waals surface area contributed by atoms with Crippen LogP contribution in [0.2, 0.25) is 0 Å². The van der Waals surface area contributed by atoms with Crippen molar-refractivity contribution >= 4 is 22.8 Å². The number of nitrogens with zero attached hydrogens (tertiary/aromatic N) is 1. The van der Waals surface area contributed by atoms with Gasteiger partial charge in [0, 0.05) is 11.1 Å². The second-order valence-corrected chi connectivity index (χ2v) is 7.44. The molecular formula is C26H22N2O3. The van der Waals surface area contributed by atoms with Crippen LogP contribution in [0, 0.1) is 6.92 Å². The number of nitrogens with one attached hydrogen (secondary N) is 1. The number of hydrogen-bond donors (Lipinski definition) is 2. The third-order valence-corrected chi connectivity index (χ3v) is 5.21. The Labute approximate surface area is 180 Å². The van der Waals surface area contributed by atoms with Crippen LogP contribution in [0.15, 0.2) is 84.9 Å². The largest absolute Gasteiger partial charge is 0.481 e. The zero-order valence-electron chi connectivity index (χ0n) is 17.1. The summed E-state index contributed by atoms with van der Waals surface area (Å²) < 4.78 is 0. The predicted molar refractivity (Wildman–Crippen MR) is 121 cm³/mol. The molecule has 0 saturated carbocycles. The van der Waals surface area contributed by atoms with E-state index in [1.165, 1.54) is 0 Å². The van der Waals surface area contributed by atoms with Gasteiger partial charge in [-0.05, 0) is 35.7 Å². The van der Waals surface area contributed by atoms with E-state index in [1.54, 1.807) is 12.1 Å². The summed E-state index contributed by atoms with van der Waals surface area (Å²) in [6.07, 6.45) is -0.215. The van der Waals surface area contributed by atoms with Gasteiger partial charge >= 0.3 is 5.97 Å². The maximum absolute atomic E-state index is 13.1. The van der Waals surface area contributed by atoms with Gasteiger partial charge in [-0.3, -0.25) is 14.6 Å². The van der Waals surface area contributed by atoms with Gasteiger partial charge in [-0.25, -0.2) is 0 Å². The standard InChI is InChI=1S/C26H22N2O3/c1-17-10-11-21-8-5-9-22(25(21)27-17)26(31)28-23(16-24(29)30)20-14-12-19(13-15-20)18-6-3-2-4-7-18/h2-15,23H,16H2,1H3,(H,28,31)(H,29,30)/t23-/m0/s1. The molecule has 1 aromatic heterocycles. The van der Waals surface area contributed by atoms with Gasteiger partial charge < -0.3 is 10.4 Å². The minimum atomic E-state index is -0.982. The van der Waals surface area contributed by atoms with Crippen molar-refractivity contribution in [3.05, 3.63) is 102 Å². The summed E-state index contributed by atoms with van der Waals surface area (Å²) in [6, 6.07) is 26.1. The molecule has 0 unspecified atom stereocenters. The van der Waals surface area contributed by atoms with E-state index in [2.05, 4.69) is 10.3 Å². The summed E-state index contributed by atoms with van der Waals surface area (Å²) in [4.78, 5) is 29.1. The number of hydrogen-bond acceptors (Lipinski definition) is 3. The van der Waals surface area contributed by atoms with Crippen LogP contribution in [0.25, 0.3) is 22.0 Å². The Hall–Kier alpha value is -3.99. The van der Waals surface area contributed by atoms with Crippen LogP contribution in [0.5, 0.6) is 0 Å². The Kier molecular flexibility index (Phi) is 5.76. The Balaban J connectivity index is 1.63. The summed E-state index contributed by atoms with van der Waals surface area (Å²) in [5.41, 5.74) is 4.68. The first-order valence-electron chi connectivity index (χ1n) is 10.1. The SMILES string of the molecule is Cc1ccc2cccc(C(=O)N[C@@H](CC(=O)O)c3ccc(-c4ccccc4)cc3)c2n1. The zero-order chi connectivity index (χ0) is 21.8. The van der Waals surface area contributed by atoms with Gasteiger partial charge in [0.1, 0.15) is 0 Å². The zero-order valence-corrected chi connectivity index (χ0v) is 17.1. The van der Waals surface area contributed by atoms with E-state index < -0.39 is 12.0 Å². The van der Waals surface area contributed by atoms with Gasteiger partial charge in [0.05, 0.1) is 23.5 Å². The van der Waals surface area contributed by atoms with E-state index in [0.29, 0.717) is 11.1 Å². The number of carboxylic acids is 1. The van der Waals surface area contributed by atoms with Gasteiger partial charge in [0.15, 0.2) is 0 Å². The Morgan fingerprint density at radius 1 is 0.871 bits per heavy atom. The second-order valence-electron chi connectivity index (χ2n) is 7.44. The number of pyridine rings is 1. The number of amides is 1. The fourth-order valence-electron chi connectivity index (χ4n) is 3.63. The molecule has 0 aliphatic carbocycles. The number of aromatic nitrogens is 1. The average molecular weight is 410 g/mol. The third kappa shape index (κ3) is 4.61. The van der Waals surface area contributed by atoms with Crippen LogP contribution in [0.1, 0.15) is 34.1 Å². The molecule has 4 aromatic rings. The van der Waals surface area contributed by atoms with Crippen LogP contribution in [0.4, 0.5) is 0 Å². The highest BCUT2D eigenvalue weighted by Crippen LogP contribution is 2.25. The number of carbonyl (C=O) groups excluding carboxylic acids is 1. The Morgan fingerprint density at radius 3 is 2.29 bits per heavy atom. The quantitative estimate of drug-likeness (QED) is 0.460. The smallest absolute Gasteiger partial charge is 0.305 e. The van der Waals surface area contributed by atoms with Crippen molar-refractivity contribution in [1.29, 1.82) is 0 Å². The normalized spacial score (nSPS) is 11.8. The van der Waals surface area contributed by atoms with E-state index in [1.807, 2.05) is 79.7 Å². The lowest BCUT2D eigenvalue weighted by Gasteiger charge is -2.18. The topological polar surface area (TPSA) is 79.3 Å². The second kappa shape index (κ2) is 8.79. The first kappa shape index (κ1) is 20.3. The molecule has 1 amide bonds. The first-order valence-corrected chi connectivity index (χ1v) is 10.1. The lowest BCUT2D eigenvalue weighted by Crippen LogP contribution is -2.30. The van der Waals surface area contributed by atoms with Crippen molar-refractivity contribution in [3.8, 4) is 11.1 Å². The van der Waals surface area contributed by atoms with Crippen molar-refractivity contribution in [2.75, 3.05) is 0 Å². The molecule has 31 heavy (non-hydrogen) atoms. The number of para-hydroxylation sites is 1. The van der Waals surface area contributed by atoms with Crippen molar-refractivity contribution in [2.45, 2.75) is 19.4 Å². The van der Waals surface area contributed by atoms with E-state index in [4.69, 9.17) is 0 Å². The number of aryl methyl sites for hydroxylation is 1. The molecule has 154 valence electrons. The summed E-state index contributed by atoms with van der Waals surface area (Å²) in [5, 5.41) is 13.2. The Bertz CT molecular complexity index is 1230. The van der Waals surface area contributed by atoms with Crippen LogP contribution >= 0.6 is 0 Å². The number of carboxylic acid groups (broad SMARTS) is 1. The molecule has 4 rings (SSSR count). The van der Waals surface area contributed by atoms with E-state index in [9.17, 15) is 14.7 Å². The van der Waals surface area contributed by atoms with Crippen molar-refractivity contribution < 1.29 is 14.7 Å². The van der Waals surface area contributed by atoms with E-state index in [-0.39, 0.29) is 12.3 Å². The highest BCUT2D eigenvalue weighted by Gasteiger charge is 2.20. The highest BCUT2D eigenvalue weighted by atomic mass is 16.4. The van der Waals surface area contributed by atoms with Gasteiger partial charge in [0.25, 0.3) is 5.91 Å². The number of fused-ring (bicyclic) bond motifs is 1. The third-order valence-electron chi connectivity index (χ3n) is 5.21. The molecule has 0 radical (unpaired) electrons. The van der Waals surface area contributed by atoms with Gasteiger partial charge in [0.2, 0.25) is 0 Å². The maximum atomic E-state index is 13.1. The average Bonchev–Trinajstić information content (AvgIpc) is 2.78. The molecular weight excluding hydrogens is 388 g/mol. The molecule has 0 fully saturated rings. The maximum Gasteiger partial charge on any atom is 0.305 e. The van der Waals surface area contributed by atoms with Crippen LogP contribution in [-0.4, -0.2) is 22.0 Å². The van der Waals surface area contributed by atoms with Crippen molar-refractivity contribution in [1.82, 2.24) is 10.3 Å². The molecule has 1 heterocycles. The molecule has 0 bridgehead atoms. The lowest BCUT2D eigenvalue weighted by molar-refractivity contribution is -0.137. The minimum Gasteiger partial charge on any atom is -0.481 e. The minimum absolute atomic E-state index is 0.215. The summed E-state index contributed by atoms with van der Waals surface area (Å²) in [6.45, 7) is 1.87. The van der Waals surface area contributed by atoms with Crippen LogP contribution in [-0.2, 0) is 4.79 Å². The number of benzene rings is 3. The molecule has 5 heteroatoms. The highest BCUT2D eigenvalue weighted by molar-refractivity contribution is 6.05. The summed E-state index contributed by atoms with van der Waals surface area (Å²) in [5.74, 6) is -1.33. The molecule has 0 aliphatic rings. The van der Waals surface area contributed by atoms with Crippen LogP contribution < -0.4 is 5.32 Å². The van der Waals surface area contributed by atoms with Crippen LogP contribution in [0.3, 0.4) is 0 Å². The van der Waals surface area contributed by atoms with Crippen molar-refractivity contribution in [2.24, 2.45) is 0 Å². The van der Waals surface area contributed by atoms with E-state index in [0.717, 1.165) is 27.8 Å². The number of carbonyl (C=O) groups is 2. The molecule has 3 aromatic carbocycles. The molecule has 1 atom stereocenters. The fourth-order valence-corrected chi connectivity index (χ4v) is 3.63. The van der Waals surface area contributed by atoms with Crippen molar-refractivity contribution in [3.63, 3.8) is 0 Å². The molecule has 0 saturated heterocycles.